The van der Waals surface area contributed by atoms with Crippen molar-refractivity contribution in [3.05, 3.63) is 40.5 Å². The van der Waals surface area contributed by atoms with E-state index < -0.39 is 0 Å². The normalized spacial score (nSPS) is 15.2. The summed E-state index contributed by atoms with van der Waals surface area (Å²) in [5.74, 6) is 0. The van der Waals surface area contributed by atoms with Crippen molar-refractivity contribution in [1.82, 2.24) is 0 Å². The average molecular weight is 270 g/mol. The second kappa shape index (κ2) is 5.06. The highest BCUT2D eigenvalue weighted by Gasteiger charge is 2.29. The van der Waals surface area contributed by atoms with Gasteiger partial charge >= 0.3 is 0 Å². The number of hydrogen-bond donors (Lipinski definition) is 0. The van der Waals surface area contributed by atoms with Crippen molar-refractivity contribution >= 4 is 5.57 Å². The molecule has 0 atom stereocenters. The number of rotatable bonds is 5. The van der Waals surface area contributed by atoms with Crippen molar-refractivity contribution in [3.8, 4) is 0 Å². The van der Waals surface area contributed by atoms with Crippen LogP contribution in [0.5, 0.6) is 0 Å². The largest absolute Gasteiger partial charge is 0.0760 e. The summed E-state index contributed by atoms with van der Waals surface area (Å²) in [4.78, 5) is 0. The van der Waals surface area contributed by atoms with Crippen molar-refractivity contribution < 1.29 is 0 Å². The van der Waals surface area contributed by atoms with Gasteiger partial charge in [-0.2, -0.15) is 0 Å². The van der Waals surface area contributed by atoms with Crippen LogP contribution in [-0.2, 0) is 10.8 Å². The van der Waals surface area contributed by atoms with Gasteiger partial charge in [0.05, 0.1) is 0 Å². The zero-order chi connectivity index (χ0) is 15.1. The van der Waals surface area contributed by atoms with Gasteiger partial charge in [0.2, 0.25) is 0 Å². The molecular formula is C20H30. The van der Waals surface area contributed by atoms with E-state index in [9.17, 15) is 0 Å². The maximum absolute atomic E-state index is 2.49. The molecule has 0 nitrogen and oxygen atoms in total. The van der Waals surface area contributed by atoms with Gasteiger partial charge in [-0.25, -0.2) is 0 Å². The molecule has 0 aliphatic heterocycles. The van der Waals surface area contributed by atoms with Crippen LogP contribution in [0.15, 0.2) is 18.2 Å². The quantitative estimate of drug-likeness (QED) is 0.601. The molecule has 0 saturated heterocycles. The number of hydrogen-bond acceptors (Lipinski definition) is 0. The third-order valence-corrected chi connectivity index (χ3v) is 5.34. The van der Waals surface area contributed by atoms with Gasteiger partial charge in [0.1, 0.15) is 0 Å². The molecule has 0 aromatic heterocycles. The van der Waals surface area contributed by atoms with Gasteiger partial charge in [0, 0.05) is 0 Å². The van der Waals surface area contributed by atoms with Crippen molar-refractivity contribution in [1.29, 1.82) is 0 Å². The van der Waals surface area contributed by atoms with E-state index in [0.29, 0.717) is 0 Å². The first-order chi connectivity index (χ1) is 9.23. The van der Waals surface area contributed by atoms with E-state index in [4.69, 9.17) is 0 Å². The summed E-state index contributed by atoms with van der Waals surface area (Å²) in [6.45, 7) is 16.4. The molecule has 0 heteroatoms. The zero-order valence-electron chi connectivity index (χ0n) is 14.4. The summed E-state index contributed by atoms with van der Waals surface area (Å²) in [6, 6.07) is 4.92. The van der Waals surface area contributed by atoms with E-state index in [-0.39, 0.29) is 10.8 Å². The van der Waals surface area contributed by atoms with E-state index in [2.05, 4.69) is 66.7 Å². The van der Waals surface area contributed by atoms with E-state index >= 15 is 0 Å². The zero-order valence-corrected chi connectivity index (χ0v) is 14.4. The molecule has 0 fully saturated rings. The van der Waals surface area contributed by atoms with Crippen LogP contribution < -0.4 is 0 Å². The summed E-state index contributed by atoms with van der Waals surface area (Å²) < 4.78 is 0. The Hall–Kier alpha value is -1.04. The topological polar surface area (TPSA) is 0 Å². The fourth-order valence-corrected chi connectivity index (χ4v) is 2.79. The molecule has 0 N–H and O–H groups in total. The van der Waals surface area contributed by atoms with Gasteiger partial charge in [-0.1, -0.05) is 59.8 Å². The molecule has 0 spiro atoms. The van der Waals surface area contributed by atoms with Crippen LogP contribution in [0.1, 0.15) is 83.1 Å². The molecule has 0 radical (unpaired) electrons. The fourth-order valence-electron chi connectivity index (χ4n) is 2.79. The van der Waals surface area contributed by atoms with Crippen molar-refractivity contribution in [2.75, 3.05) is 0 Å². The third-order valence-electron chi connectivity index (χ3n) is 5.34. The van der Waals surface area contributed by atoms with E-state index in [1.54, 1.807) is 11.1 Å². The van der Waals surface area contributed by atoms with Crippen LogP contribution in [0.3, 0.4) is 0 Å². The van der Waals surface area contributed by atoms with Crippen LogP contribution in [0.2, 0.25) is 0 Å². The van der Waals surface area contributed by atoms with Crippen LogP contribution in [-0.4, -0.2) is 0 Å². The Labute approximate surface area is 125 Å². The minimum absolute atomic E-state index is 0.253. The SMILES string of the molecule is CCC(C)(C)c1cc(C)c(C2=CC2)c(C(C)(C)CC)c1. The Kier molecular flexibility index (Phi) is 3.88. The van der Waals surface area contributed by atoms with E-state index in [0.717, 1.165) is 0 Å². The predicted molar refractivity (Wildman–Crippen MR) is 90.4 cm³/mol. The Balaban J connectivity index is 2.65. The monoisotopic (exact) mass is 270 g/mol. The lowest BCUT2D eigenvalue weighted by Gasteiger charge is -2.31. The average Bonchev–Trinajstić information content (AvgIpc) is 3.22. The summed E-state index contributed by atoms with van der Waals surface area (Å²) in [7, 11) is 0. The van der Waals surface area contributed by atoms with E-state index in [1.165, 1.54) is 36.0 Å². The molecule has 0 heterocycles. The number of aryl methyl sites for hydroxylation is 1. The minimum Gasteiger partial charge on any atom is -0.0760 e. The summed E-state index contributed by atoms with van der Waals surface area (Å²) in [6.07, 6.45) is 5.91. The number of allylic oxidation sites excluding steroid dienone is 2. The second-order valence-corrected chi connectivity index (χ2v) is 7.62. The molecule has 0 amide bonds. The molecule has 110 valence electrons. The molecule has 0 unspecified atom stereocenters. The molecule has 2 rings (SSSR count). The Morgan fingerprint density at radius 1 is 0.950 bits per heavy atom. The van der Waals surface area contributed by atoms with Gasteiger partial charge in [0.15, 0.2) is 0 Å². The van der Waals surface area contributed by atoms with Crippen LogP contribution >= 0.6 is 0 Å². The van der Waals surface area contributed by atoms with Crippen molar-refractivity contribution in [3.63, 3.8) is 0 Å². The minimum atomic E-state index is 0.253. The van der Waals surface area contributed by atoms with Gasteiger partial charge in [0.25, 0.3) is 0 Å². The first-order valence-electron chi connectivity index (χ1n) is 8.08. The van der Waals surface area contributed by atoms with Gasteiger partial charge in [-0.05, 0) is 64.8 Å². The molecule has 0 saturated carbocycles. The van der Waals surface area contributed by atoms with Crippen LogP contribution in [0.4, 0.5) is 0 Å². The summed E-state index contributed by atoms with van der Waals surface area (Å²) >= 11 is 0. The smallest absolute Gasteiger partial charge is 0.00882 e. The van der Waals surface area contributed by atoms with Crippen molar-refractivity contribution in [2.45, 2.75) is 78.6 Å². The van der Waals surface area contributed by atoms with Gasteiger partial charge < -0.3 is 0 Å². The molecule has 1 aliphatic carbocycles. The summed E-state index contributed by atoms with van der Waals surface area (Å²) in [5, 5.41) is 0. The van der Waals surface area contributed by atoms with E-state index in [1.807, 2.05) is 0 Å². The van der Waals surface area contributed by atoms with Crippen LogP contribution in [0, 0.1) is 6.92 Å². The van der Waals surface area contributed by atoms with Crippen molar-refractivity contribution in [2.24, 2.45) is 0 Å². The maximum atomic E-state index is 2.49. The lowest BCUT2D eigenvalue weighted by atomic mass is 9.73. The van der Waals surface area contributed by atoms with Gasteiger partial charge in [-0.3, -0.25) is 0 Å². The standard InChI is InChI=1S/C20H30/c1-8-19(4,5)16-12-14(3)18(15-10-11-15)17(13-16)20(6,7)9-2/h10,12-13H,8-9,11H2,1-7H3. The van der Waals surface area contributed by atoms with Crippen LogP contribution in [0.25, 0.3) is 5.57 Å². The molecule has 0 bridgehead atoms. The third kappa shape index (κ3) is 2.71. The molecular weight excluding hydrogens is 240 g/mol. The Morgan fingerprint density at radius 3 is 1.95 bits per heavy atom. The lowest BCUT2D eigenvalue weighted by molar-refractivity contribution is 0.487. The predicted octanol–water partition coefficient (Wildman–Crippen LogP) is 6.16. The summed E-state index contributed by atoms with van der Waals surface area (Å²) in [5.41, 5.74) is 8.12. The first kappa shape index (κ1) is 15.4. The highest BCUT2D eigenvalue weighted by Crippen LogP contribution is 2.43. The second-order valence-electron chi connectivity index (χ2n) is 7.62. The fraction of sp³-hybridized carbons (Fsp3) is 0.600. The highest BCUT2D eigenvalue weighted by atomic mass is 14.3. The molecule has 20 heavy (non-hydrogen) atoms. The first-order valence-corrected chi connectivity index (χ1v) is 8.08. The molecule has 1 aromatic rings. The molecule has 1 aliphatic rings. The Morgan fingerprint density at radius 2 is 1.50 bits per heavy atom. The lowest BCUT2D eigenvalue weighted by Crippen LogP contribution is -2.22. The highest BCUT2D eigenvalue weighted by molar-refractivity contribution is 5.82. The Bertz CT molecular complexity index is 541. The maximum Gasteiger partial charge on any atom is -0.00882 e. The molecule has 1 aromatic carbocycles. The van der Waals surface area contributed by atoms with Gasteiger partial charge in [-0.15, -0.1) is 0 Å². The number of benzene rings is 1.